The van der Waals surface area contributed by atoms with Crippen LogP contribution in [0.25, 0.3) is 11.3 Å². The summed E-state index contributed by atoms with van der Waals surface area (Å²) in [6, 6.07) is 6.60. The third-order valence-corrected chi connectivity index (χ3v) is 3.92. The number of halogens is 1. The van der Waals surface area contributed by atoms with Crippen molar-refractivity contribution in [1.29, 1.82) is 0 Å². The topological polar surface area (TPSA) is 47.0 Å². The van der Waals surface area contributed by atoms with Crippen LogP contribution < -0.4 is 0 Å². The molecular weight excluding hydrogens is 266 g/mol. The van der Waals surface area contributed by atoms with Gasteiger partial charge in [-0.25, -0.2) is 13.4 Å². The van der Waals surface area contributed by atoms with E-state index < -0.39 is 10.7 Å². The normalized spacial score (nSPS) is 10.9. The van der Waals surface area contributed by atoms with Crippen molar-refractivity contribution in [2.45, 2.75) is 11.8 Å². The zero-order valence-electron chi connectivity index (χ0n) is 8.31. The van der Waals surface area contributed by atoms with Crippen LogP contribution >= 0.6 is 22.9 Å². The van der Waals surface area contributed by atoms with Crippen LogP contribution in [0.3, 0.4) is 0 Å². The molecule has 1 aromatic carbocycles. The largest absolute Gasteiger partial charge is 0.227 e. The van der Waals surface area contributed by atoms with Crippen LogP contribution in [-0.2, 0) is 10.7 Å². The molecule has 0 amide bonds. The van der Waals surface area contributed by atoms with E-state index >= 15 is 0 Å². The Balaban J connectivity index is 2.46. The van der Waals surface area contributed by atoms with E-state index in [0.29, 0.717) is 9.36 Å². The first kappa shape index (κ1) is 11.6. The molecule has 0 atom stereocenters. The van der Waals surface area contributed by atoms with Gasteiger partial charge >= 0.3 is 0 Å². The molecule has 6 heteroatoms. The number of hydrogen-bond donors (Lipinski definition) is 1. The predicted molar refractivity (Wildman–Crippen MR) is 65.9 cm³/mol. The Morgan fingerprint density at radius 2 is 1.88 bits per heavy atom. The molecule has 0 spiro atoms. The van der Waals surface area contributed by atoms with Gasteiger partial charge in [0.25, 0.3) is 0 Å². The lowest BCUT2D eigenvalue weighted by molar-refractivity contribution is 0.614. The fraction of sp³-hybridized carbons (Fsp3) is 0.100. The lowest BCUT2D eigenvalue weighted by atomic mass is 10.1. The minimum absolute atomic E-state index is 0.303. The second kappa shape index (κ2) is 4.53. The van der Waals surface area contributed by atoms with E-state index in [1.807, 2.05) is 6.92 Å². The fourth-order valence-electron chi connectivity index (χ4n) is 1.37. The van der Waals surface area contributed by atoms with Crippen molar-refractivity contribution in [3.05, 3.63) is 33.6 Å². The summed E-state index contributed by atoms with van der Waals surface area (Å²) < 4.78 is 21.9. The maximum atomic E-state index is 10.7. The molecule has 1 aromatic heterocycles. The summed E-state index contributed by atoms with van der Waals surface area (Å²) in [5.41, 5.74) is 1.68. The molecule has 0 aliphatic carbocycles. The molecule has 3 nitrogen and oxygen atoms in total. The Kier molecular flexibility index (Phi) is 3.28. The molecule has 2 rings (SSSR count). The maximum absolute atomic E-state index is 10.7. The molecule has 0 fully saturated rings. The minimum Gasteiger partial charge on any atom is -0.227 e. The van der Waals surface area contributed by atoms with Crippen molar-refractivity contribution in [2.24, 2.45) is 0 Å². The molecule has 0 unspecified atom stereocenters. The number of thiazole rings is 1. The highest BCUT2D eigenvalue weighted by Crippen LogP contribution is 2.30. The zero-order chi connectivity index (χ0) is 11.7. The van der Waals surface area contributed by atoms with Gasteiger partial charge in [-0.15, -0.1) is 11.3 Å². The zero-order valence-corrected chi connectivity index (χ0v) is 10.8. The van der Waals surface area contributed by atoms with Crippen LogP contribution in [0.4, 0.5) is 0 Å². The van der Waals surface area contributed by atoms with Crippen LogP contribution in [0.15, 0.2) is 29.2 Å². The van der Waals surface area contributed by atoms with Crippen molar-refractivity contribution in [3.63, 3.8) is 0 Å². The summed E-state index contributed by atoms with van der Waals surface area (Å²) in [4.78, 5) is 5.51. The number of aromatic nitrogens is 1. The molecule has 0 bridgehead atoms. The van der Waals surface area contributed by atoms with E-state index in [4.69, 9.17) is 11.6 Å². The first-order chi connectivity index (χ1) is 7.58. The van der Waals surface area contributed by atoms with Crippen molar-refractivity contribution < 1.29 is 8.42 Å². The average Bonchev–Trinajstić information content (AvgIpc) is 2.58. The van der Waals surface area contributed by atoms with Crippen LogP contribution in [0.1, 0.15) is 4.88 Å². The number of hydrogen-bond acceptors (Lipinski definition) is 4. The van der Waals surface area contributed by atoms with Gasteiger partial charge in [-0.3, -0.25) is 0 Å². The monoisotopic (exact) mass is 273 g/mol. The summed E-state index contributed by atoms with van der Waals surface area (Å²) in [5, 5.41) is 0. The molecule has 16 heavy (non-hydrogen) atoms. The summed E-state index contributed by atoms with van der Waals surface area (Å²) in [6.45, 7) is 1.93. The lowest BCUT2D eigenvalue weighted by Crippen LogP contribution is -1.83. The molecule has 0 aliphatic rings. The van der Waals surface area contributed by atoms with Gasteiger partial charge in [0.2, 0.25) is 0 Å². The summed E-state index contributed by atoms with van der Waals surface area (Å²) in [7, 11) is -2.52. The van der Waals surface area contributed by atoms with E-state index in [0.717, 1.165) is 16.1 Å². The van der Waals surface area contributed by atoms with Gasteiger partial charge < -0.3 is 0 Å². The van der Waals surface area contributed by atoms with Gasteiger partial charge in [-0.05, 0) is 19.1 Å². The first-order valence-electron chi connectivity index (χ1n) is 4.45. The third kappa shape index (κ3) is 2.26. The molecule has 1 heterocycles. The Morgan fingerprint density at radius 1 is 1.25 bits per heavy atom. The van der Waals surface area contributed by atoms with Gasteiger partial charge in [0.1, 0.15) is 0 Å². The number of rotatable bonds is 2. The van der Waals surface area contributed by atoms with Crippen molar-refractivity contribution in [1.82, 2.24) is 4.98 Å². The number of nitrogens with zero attached hydrogens (tertiary/aromatic N) is 1. The molecule has 0 saturated heterocycles. The SMILES string of the molecule is Cc1sc(Cl)nc1-c1ccc([SH](=O)=O)cc1. The second-order valence-corrected chi connectivity index (χ2v) is 5.99. The standard InChI is InChI=1S/C10H8ClNO2S2/c1-6-9(12-10(11)15-6)7-2-4-8(5-3-7)16(13)14/h2-5,16H,1H3. The van der Waals surface area contributed by atoms with E-state index in [9.17, 15) is 8.42 Å². The van der Waals surface area contributed by atoms with Crippen LogP contribution in [0, 0.1) is 6.92 Å². The molecule has 2 aromatic rings. The third-order valence-electron chi connectivity index (χ3n) is 2.12. The molecule has 0 aliphatic heterocycles. The highest BCUT2D eigenvalue weighted by molar-refractivity contribution is 7.72. The minimum atomic E-state index is -2.52. The van der Waals surface area contributed by atoms with Gasteiger partial charge in [-0.1, -0.05) is 23.7 Å². The molecule has 0 radical (unpaired) electrons. The predicted octanol–water partition coefficient (Wildman–Crippen LogP) is 2.74. The molecule has 84 valence electrons. The first-order valence-corrected chi connectivity index (χ1v) is 6.83. The van der Waals surface area contributed by atoms with Crippen molar-refractivity contribution in [3.8, 4) is 11.3 Å². The Hall–Kier alpha value is -0.910. The van der Waals surface area contributed by atoms with Crippen molar-refractivity contribution >= 4 is 33.6 Å². The Labute approximate surface area is 104 Å². The summed E-state index contributed by atoms with van der Waals surface area (Å²) >= 11 is 7.22. The number of benzene rings is 1. The molecular formula is C10H8ClNO2S2. The quantitative estimate of drug-likeness (QED) is 0.856. The Morgan fingerprint density at radius 3 is 2.31 bits per heavy atom. The van der Waals surface area contributed by atoms with E-state index in [2.05, 4.69) is 4.98 Å². The summed E-state index contributed by atoms with van der Waals surface area (Å²) in [5.74, 6) is 0. The smallest absolute Gasteiger partial charge is 0.184 e. The fourth-order valence-corrected chi connectivity index (χ4v) is 2.85. The molecule has 0 saturated carbocycles. The van der Waals surface area contributed by atoms with Gasteiger partial charge in [0.05, 0.1) is 10.6 Å². The lowest BCUT2D eigenvalue weighted by Gasteiger charge is -1.98. The van der Waals surface area contributed by atoms with Crippen molar-refractivity contribution in [2.75, 3.05) is 0 Å². The van der Waals surface area contributed by atoms with E-state index in [-0.39, 0.29) is 0 Å². The van der Waals surface area contributed by atoms with Gasteiger partial charge in [-0.2, -0.15) is 0 Å². The number of aryl methyl sites for hydroxylation is 1. The van der Waals surface area contributed by atoms with Gasteiger partial charge in [0.15, 0.2) is 15.2 Å². The highest BCUT2D eigenvalue weighted by Gasteiger charge is 2.08. The number of thiol groups is 1. The van der Waals surface area contributed by atoms with E-state index in [1.165, 1.54) is 11.3 Å². The summed E-state index contributed by atoms with van der Waals surface area (Å²) in [6.07, 6.45) is 0. The van der Waals surface area contributed by atoms with Gasteiger partial charge in [0, 0.05) is 10.4 Å². The highest BCUT2D eigenvalue weighted by atomic mass is 35.5. The van der Waals surface area contributed by atoms with Crippen LogP contribution in [-0.4, -0.2) is 13.4 Å². The molecule has 0 N–H and O–H groups in total. The Bertz CT molecular complexity index is 579. The van der Waals surface area contributed by atoms with Crippen LogP contribution in [0.2, 0.25) is 4.47 Å². The second-order valence-electron chi connectivity index (χ2n) is 3.18. The van der Waals surface area contributed by atoms with E-state index in [1.54, 1.807) is 24.3 Å². The average molecular weight is 274 g/mol. The van der Waals surface area contributed by atoms with Crippen LogP contribution in [0.5, 0.6) is 0 Å². The maximum Gasteiger partial charge on any atom is 0.184 e.